The minimum atomic E-state index is -3.95. The Morgan fingerprint density at radius 2 is 1.76 bits per heavy atom. The smallest absolute Gasteiger partial charge is 0.238 e. The van der Waals surface area contributed by atoms with Crippen LogP contribution in [0.4, 0.5) is 0 Å². The molecule has 0 unspecified atom stereocenters. The lowest BCUT2D eigenvalue weighted by molar-refractivity contribution is -0.126. The molecule has 2 amide bonds. The Bertz CT molecular complexity index is 1330. The minimum Gasteiger partial charge on any atom is -0.390 e. The summed E-state index contributed by atoms with van der Waals surface area (Å²) in [4.78, 5) is 33.1. The van der Waals surface area contributed by atoms with Gasteiger partial charge in [0.25, 0.3) is 0 Å². The molecule has 0 aliphatic heterocycles. The number of sulfone groups is 1. The number of benzene rings is 1. The van der Waals surface area contributed by atoms with Gasteiger partial charge in [-0.2, -0.15) is 0 Å². The highest BCUT2D eigenvalue weighted by atomic mass is 32.2. The Morgan fingerprint density at radius 1 is 1.07 bits per heavy atom. The van der Waals surface area contributed by atoms with Crippen molar-refractivity contribution < 1.29 is 28.2 Å². The third kappa shape index (κ3) is 9.84. The van der Waals surface area contributed by atoms with Crippen LogP contribution in [0.25, 0.3) is 0 Å². The van der Waals surface area contributed by atoms with Crippen LogP contribution in [0.3, 0.4) is 0 Å². The van der Waals surface area contributed by atoms with Gasteiger partial charge in [0.2, 0.25) is 11.8 Å². The number of imidazole rings is 1. The molecular formula is C33H51N5O6S. The molecular weight excluding hydrogens is 594 g/mol. The van der Waals surface area contributed by atoms with Crippen molar-refractivity contribution in [2.75, 3.05) is 12.3 Å². The summed E-state index contributed by atoms with van der Waals surface area (Å²) in [5.74, 6) is -1.63. The molecule has 7 N–H and O–H groups in total. The maximum absolute atomic E-state index is 14.0. The highest BCUT2D eigenvalue weighted by Gasteiger charge is 2.42. The first-order valence-electron chi connectivity index (χ1n) is 16.3. The summed E-state index contributed by atoms with van der Waals surface area (Å²) >= 11 is 0. The van der Waals surface area contributed by atoms with E-state index in [1.807, 2.05) is 30.3 Å². The van der Waals surface area contributed by atoms with E-state index in [-0.39, 0.29) is 30.5 Å². The number of carbonyl (C=O) groups excluding carboxylic acids is 2. The minimum absolute atomic E-state index is 0.0509. The number of nitrogens with two attached hydrogens (primary N) is 1. The van der Waals surface area contributed by atoms with E-state index in [0.29, 0.717) is 24.5 Å². The highest BCUT2D eigenvalue weighted by Crippen LogP contribution is 2.36. The van der Waals surface area contributed by atoms with Crippen molar-refractivity contribution in [2.24, 2.45) is 23.5 Å². The van der Waals surface area contributed by atoms with Gasteiger partial charge in [-0.3, -0.25) is 9.59 Å². The van der Waals surface area contributed by atoms with Crippen molar-refractivity contribution in [1.82, 2.24) is 20.6 Å². The van der Waals surface area contributed by atoms with Crippen LogP contribution >= 0.6 is 0 Å². The van der Waals surface area contributed by atoms with E-state index in [9.17, 15) is 28.2 Å². The lowest BCUT2D eigenvalue weighted by atomic mass is 9.82. The maximum atomic E-state index is 14.0. The fraction of sp³-hybridized carbons (Fsp3) is 0.667. The molecule has 11 nitrogen and oxygen atoms in total. The van der Waals surface area contributed by atoms with Gasteiger partial charge >= 0.3 is 0 Å². The molecule has 1 aromatic heterocycles. The van der Waals surface area contributed by atoms with E-state index in [2.05, 4.69) is 20.6 Å². The number of hydrogen-bond acceptors (Lipinski definition) is 8. The molecule has 2 saturated carbocycles. The molecule has 45 heavy (non-hydrogen) atoms. The summed E-state index contributed by atoms with van der Waals surface area (Å²) < 4.78 is 25.0. The van der Waals surface area contributed by atoms with Gasteiger partial charge in [-0.25, -0.2) is 13.4 Å². The molecule has 1 heterocycles. The number of primary amides is 1. The van der Waals surface area contributed by atoms with Crippen molar-refractivity contribution in [3.8, 4) is 0 Å². The second-order valence-corrected chi connectivity index (χ2v) is 16.2. The molecule has 250 valence electrons. The van der Waals surface area contributed by atoms with E-state index >= 15 is 0 Å². The number of nitrogens with zero attached hydrogens (tertiary/aromatic N) is 1. The first-order valence-corrected chi connectivity index (χ1v) is 18.0. The van der Waals surface area contributed by atoms with Crippen molar-refractivity contribution >= 4 is 21.7 Å². The van der Waals surface area contributed by atoms with E-state index in [1.165, 1.54) is 26.6 Å². The molecule has 2 aromatic rings. The van der Waals surface area contributed by atoms with E-state index in [0.717, 1.165) is 44.1 Å². The molecule has 2 aliphatic rings. The predicted molar refractivity (Wildman–Crippen MR) is 173 cm³/mol. The Hall–Kier alpha value is -2.80. The number of aromatic nitrogens is 2. The summed E-state index contributed by atoms with van der Waals surface area (Å²) in [5.41, 5.74) is 7.11. The van der Waals surface area contributed by atoms with Gasteiger partial charge in [0.1, 0.15) is 10.9 Å². The number of amides is 2. The van der Waals surface area contributed by atoms with Gasteiger partial charge in [-0.1, -0.05) is 62.4 Å². The number of aliphatic hydroxyl groups excluding tert-OH is 2. The Kier molecular flexibility index (Phi) is 12.2. The predicted octanol–water partition coefficient (Wildman–Crippen LogP) is 2.04. The highest BCUT2D eigenvalue weighted by molar-refractivity contribution is 7.93. The fourth-order valence-electron chi connectivity index (χ4n) is 6.30. The zero-order valence-electron chi connectivity index (χ0n) is 26.5. The molecule has 1 aromatic carbocycles. The van der Waals surface area contributed by atoms with Crippen molar-refractivity contribution in [1.29, 1.82) is 0 Å². The van der Waals surface area contributed by atoms with Crippen LogP contribution in [0.15, 0.2) is 42.9 Å². The van der Waals surface area contributed by atoms with Gasteiger partial charge in [-0.05, 0) is 69.4 Å². The number of H-pyrrole nitrogens is 1. The summed E-state index contributed by atoms with van der Waals surface area (Å²) in [6, 6.07) is 8.07. The number of hydrogen-bond donors (Lipinski definition) is 6. The third-order valence-corrected chi connectivity index (χ3v) is 12.3. The van der Waals surface area contributed by atoms with Gasteiger partial charge in [-0.15, -0.1) is 0 Å². The van der Waals surface area contributed by atoms with Crippen LogP contribution in [0.2, 0.25) is 0 Å². The largest absolute Gasteiger partial charge is 0.390 e. The second-order valence-electron chi connectivity index (χ2n) is 13.6. The SMILES string of the molecule is CC(C)(C(N)=O)S(=O)(=O)C[C@H](CN[C@@H](Cc1cnc[nH]1)C(=O)N[C@@H](CC1CCCCC1)[C@@H](O)[C@@H](O)C1CC1)Cc1ccccc1. The van der Waals surface area contributed by atoms with E-state index in [4.69, 9.17) is 5.73 Å². The standard InChI is InChI=1S/C33H51N5O6S/c1-33(2,32(34)42)45(43,44)20-24(15-22-9-5-3-6-10-22)18-36-28(17-26-19-35-21-37-26)31(41)38-27(16-23-11-7-4-8-12-23)30(40)29(39)25-13-14-25/h3,5-6,9-10,19,21,23-25,27-30,36,39-40H,4,7-8,11-18,20H2,1-2H3,(H2,34,42)(H,35,37)(H,38,41)/t24-,27-,28-,29-,30+/m0/s1. The summed E-state index contributed by atoms with van der Waals surface area (Å²) in [7, 11) is -3.95. The molecule has 0 spiro atoms. The number of carbonyl (C=O) groups is 2. The lowest BCUT2D eigenvalue weighted by Gasteiger charge is -2.33. The van der Waals surface area contributed by atoms with Gasteiger partial charge < -0.3 is 31.6 Å². The van der Waals surface area contributed by atoms with Gasteiger partial charge in [0, 0.05) is 18.3 Å². The summed E-state index contributed by atoms with van der Waals surface area (Å²) in [6.45, 7) is 2.80. The van der Waals surface area contributed by atoms with Crippen LogP contribution in [-0.4, -0.2) is 81.7 Å². The topological polar surface area (TPSA) is 187 Å². The monoisotopic (exact) mass is 645 g/mol. The normalized spacial score (nSPS) is 19.7. The molecule has 4 rings (SSSR count). The Morgan fingerprint density at radius 3 is 2.36 bits per heavy atom. The number of aliphatic hydroxyl groups is 2. The average Bonchev–Trinajstić information content (AvgIpc) is 3.74. The van der Waals surface area contributed by atoms with Gasteiger partial charge in [0.15, 0.2) is 9.84 Å². The Balaban J connectivity index is 1.53. The third-order valence-electron chi connectivity index (χ3n) is 9.65. The van der Waals surface area contributed by atoms with Crippen molar-refractivity contribution in [3.05, 3.63) is 54.1 Å². The summed E-state index contributed by atoms with van der Waals surface area (Å²) in [6.07, 6.45) is 9.65. The molecule has 0 saturated heterocycles. The number of aromatic amines is 1. The van der Waals surface area contributed by atoms with Crippen LogP contribution in [-0.2, 0) is 32.3 Å². The number of nitrogens with one attached hydrogen (secondary N) is 3. The summed E-state index contributed by atoms with van der Waals surface area (Å²) in [5, 5.41) is 28.4. The van der Waals surface area contributed by atoms with E-state index < -0.39 is 50.7 Å². The van der Waals surface area contributed by atoms with Crippen molar-refractivity contribution in [3.63, 3.8) is 0 Å². The van der Waals surface area contributed by atoms with Crippen LogP contribution in [0.1, 0.15) is 76.5 Å². The quantitative estimate of drug-likeness (QED) is 0.142. The molecule has 0 bridgehead atoms. The molecule has 2 aliphatic carbocycles. The molecule has 5 atom stereocenters. The fourth-order valence-corrected chi connectivity index (χ4v) is 7.88. The van der Waals surface area contributed by atoms with Crippen LogP contribution in [0, 0.1) is 17.8 Å². The first-order chi connectivity index (χ1) is 21.4. The lowest BCUT2D eigenvalue weighted by Crippen LogP contribution is -2.56. The second kappa shape index (κ2) is 15.7. The zero-order valence-corrected chi connectivity index (χ0v) is 27.3. The zero-order chi connectivity index (χ0) is 32.6. The first kappa shape index (κ1) is 35.1. The van der Waals surface area contributed by atoms with E-state index in [1.54, 1.807) is 6.20 Å². The molecule has 2 fully saturated rings. The maximum Gasteiger partial charge on any atom is 0.238 e. The average molecular weight is 646 g/mol. The van der Waals surface area contributed by atoms with Crippen LogP contribution in [0.5, 0.6) is 0 Å². The van der Waals surface area contributed by atoms with Crippen LogP contribution < -0.4 is 16.4 Å². The van der Waals surface area contributed by atoms with Gasteiger partial charge in [0.05, 0.1) is 30.3 Å². The van der Waals surface area contributed by atoms with Crippen molar-refractivity contribution in [2.45, 2.75) is 107 Å². The number of rotatable bonds is 18. The Labute approximate surface area is 267 Å². The molecule has 12 heteroatoms. The molecule has 0 radical (unpaired) electrons.